The van der Waals surface area contributed by atoms with Crippen LogP contribution in [0.4, 0.5) is 5.69 Å². The lowest BCUT2D eigenvalue weighted by atomic mass is 9.70. The topological polar surface area (TPSA) is 68.5 Å². The summed E-state index contributed by atoms with van der Waals surface area (Å²) in [6, 6.07) is 17.0. The molecule has 25 heavy (non-hydrogen) atoms. The molecule has 124 valence electrons. The largest absolute Gasteiger partial charge is 0.500 e. The number of non-ortho nitro benzene ring substituents is 1. The molecule has 6 rings (SSSR count). The van der Waals surface area contributed by atoms with E-state index in [1.807, 2.05) is 30.3 Å². The molecular formula is C20H17N3O2. The monoisotopic (exact) mass is 331 g/mol. The van der Waals surface area contributed by atoms with Crippen molar-refractivity contribution in [3.63, 3.8) is 0 Å². The molecule has 5 nitrogen and oxygen atoms in total. The first-order valence-electron chi connectivity index (χ1n) is 8.46. The minimum absolute atomic E-state index is 0.0975. The third-order valence-electron chi connectivity index (χ3n) is 6.44. The molecule has 0 amide bonds. The standard InChI is InChI=1S/C20H17N3O2/c1-19(2)18-15(12-6-4-3-5-7-12)17-16(20(17,19)22(18)21)13-8-10-14(11-9-13)23(24)25/h3-11,16-17H,1-2H3. The highest BCUT2D eigenvalue weighted by molar-refractivity contribution is 5.84. The zero-order valence-corrected chi connectivity index (χ0v) is 14.0. The van der Waals surface area contributed by atoms with Crippen molar-refractivity contribution in [1.82, 2.24) is 0 Å². The Morgan fingerprint density at radius 1 is 1.04 bits per heavy atom. The smallest absolute Gasteiger partial charge is 0.269 e. The summed E-state index contributed by atoms with van der Waals surface area (Å²) in [5.74, 6) is 0.382. The fourth-order valence-corrected chi connectivity index (χ4v) is 5.44. The zero-order chi connectivity index (χ0) is 17.6. The van der Waals surface area contributed by atoms with Gasteiger partial charge in [-0.3, -0.25) is 14.8 Å². The van der Waals surface area contributed by atoms with Gasteiger partial charge in [0.1, 0.15) is 5.41 Å². The summed E-state index contributed by atoms with van der Waals surface area (Å²) in [5, 5.41) is 10.9. The summed E-state index contributed by atoms with van der Waals surface area (Å²) in [4.78, 5) is 10.5. The Kier molecular flexibility index (Phi) is 2.45. The van der Waals surface area contributed by atoms with E-state index in [4.69, 9.17) is 0 Å². The molecule has 1 spiro atoms. The highest BCUT2D eigenvalue weighted by Crippen LogP contribution is 2.85. The molecule has 2 aliphatic carbocycles. The molecule has 2 aromatic rings. The summed E-state index contributed by atoms with van der Waals surface area (Å²) in [7, 11) is 0. The number of hydrogen-bond donors (Lipinski definition) is 0. The van der Waals surface area contributed by atoms with E-state index in [0.717, 1.165) is 16.8 Å². The summed E-state index contributed by atoms with van der Waals surface area (Å²) in [6.07, 6.45) is 0. The second kappa shape index (κ2) is 4.23. The lowest BCUT2D eigenvalue weighted by Crippen LogP contribution is -2.54. The highest BCUT2D eigenvalue weighted by Gasteiger charge is 2.93. The van der Waals surface area contributed by atoms with Crippen LogP contribution < -0.4 is 0 Å². The molecule has 5 heteroatoms. The van der Waals surface area contributed by atoms with Crippen molar-refractivity contribution in [2.45, 2.75) is 25.3 Å². The number of hydrogen-bond acceptors (Lipinski definition) is 2. The van der Waals surface area contributed by atoms with Gasteiger partial charge in [-0.1, -0.05) is 42.5 Å². The van der Waals surface area contributed by atoms with E-state index in [9.17, 15) is 15.6 Å². The molecule has 3 unspecified atom stereocenters. The third-order valence-corrected chi connectivity index (χ3v) is 6.44. The molecule has 2 heterocycles. The Balaban J connectivity index is 1.62. The first-order chi connectivity index (χ1) is 11.9. The number of rotatable bonds is 3. The summed E-state index contributed by atoms with van der Waals surface area (Å²) in [5.41, 5.74) is 14.9. The second-order valence-electron chi connectivity index (χ2n) is 7.69. The van der Waals surface area contributed by atoms with Crippen LogP contribution in [0.25, 0.3) is 11.1 Å². The summed E-state index contributed by atoms with van der Waals surface area (Å²) in [6.45, 7) is 4.37. The molecule has 2 bridgehead atoms. The van der Waals surface area contributed by atoms with Crippen molar-refractivity contribution in [3.8, 4) is 0 Å². The van der Waals surface area contributed by atoms with Gasteiger partial charge in [-0.15, -0.1) is 0 Å². The Hall–Kier alpha value is -2.82. The minimum atomic E-state index is -0.380. The zero-order valence-electron chi connectivity index (χ0n) is 14.0. The molecule has 0 radical (unpaired) electrons. The van der Waals surface area contributed by atoms with E-state index in [-0.39, 0.29) is 33.4 Å². The van der Waals surface area contributed by atoms with Crippen LogP contribution >= 0.6 is 0 Å². The molecule has 1 saturated carbocycles. The van der Waals surface area contributed by atoms with Crippen molar-refractivity contribution < 1.29 is 9.62 Å². The predicted molar refractivity (Wildman–Crippen MR) is 92.8 cm³/mol. The van der Waals surface area contributed by atoms with Gasteiger partial charge in [0.15, 0.2) is 11.2 Å². The molecule has 1 saturated heterocycles. The van der Waals surface area contributed by atoms with Gasteiger partial charge in [0.05, 0.1) is 16.8 Å². The SMILES string of the molecule is CC1(C)C2=C(c3ccccc3)C3C(c4ccc([N+](=O)[O-])cc4)C31[N+]2=[N-]. The van der Waals surface area contributed by atoms with E-state index < -0.39 is 0 Å². The second-order valence-corrected chi connectivity index (χ2v) is 7.69. The fraction of sp³-hybridized carbons (Fsp3) is 0.300. The normalized spacial score (nSPS) is 30.7. The summed E-state index contributed by atoms with van der Waals surface area (Å²) >= 11 is 0. The van der Waals surface area contributed by atoms with Gasteiger partial charge >= 0.3 is 0 Å². The molecular weight excluding hydrogens is 314 g/mol. The maximum Gasteiger partial charge on any atom is 0.269 e. The molecule has 3 atom stereocenters. The molecule has 0 N–H and O–H groups in total. The molecule has 4 aliphatic rings. The van der Waals surface area contributed by atoms with Crippen LogP contribution in [0, 0.1) is 21.4 Å². The van der Waals surface area contributed by atoms with Crippen LogP contribution in [0.5, 0.6) is 0 Å². The first kappa shape index (κ1) is 14.5. The lowest BCUT2D eigenvalue weighted by molar-refractivity contribution is -0.642. The predicted octanol–water partition coefficient (Wildman–Crippen LogP) is 4.55. The van der Waals surface area contributed by atoms with Gasteiger partial charge in [-0.05, 0) is 25.0 Å². The maximum atomic E-state index is 10.9. The number of benzene rings is 2. The lowest BCUT2D eigenvalue weighted by Gasteiger charge is -2.44. The van der Waals surface area contributed by atoms with E-state index in [1.165, 1.54) is 10.3 Å². The van der Waals surface area contributed by atoms with Crippen LogP contribution in [0.15, 0.2) is 60.3 Å². The average Bonchev–Trinajstić information content (AvgIpc) is 3.19. The van der Waals surface area contributed by atoms with Crippen molar-refractivity contribution in [2.24, 2.45) is 11.3 Å². The van der Waals surface area contributed by atoms with Crippen LogP contribution in [-0.4, -0.2) is 15.2 Å². The molecule has 2 aromatic carbocycles. The van der Waals surface area contributed by atoms with Crippen molar-refractivity contribution >= 4 is 11.3 Å². The molecule has 2 aliphatic heterocycles. The average molecular weight is 331 g/mol. The summed E-state index contributed by atoms with van der Waals surface area (Å²) < 4.78 is 1.46. The van der Waals surface area contributed by atoms with Crippen molar-refractivity contribution in [1.29, 1.82) is 0 Å². The third kappa shape index (κ3) is 1.42. The highest BCUT2D eigenvalue weighted by atomic mass is 16.6. The maximum absolute atomic E-state index is 10.9. The Morgan fingerprint density at radius 3 is 2.24 bits per heavy atom. The Labute approximate surface area is 145 Å². The minimum Gasteiger partial charge on any atom is -0.500 e. The number of nitro benzene ring substituents is 1. The Morgan fingerprint density at radius 2 is 1.68 bits per heavy atom. The van der Waals surface area contributed by atoms with E-state index in [0.29, 0.717) is 0 Å². The first-order valence-corrected chi connectivity index (χ1v) is 8.46. The van der Waals surface area contributed by atoms with Gasteiger partial charge in [0.25, 0.3) is 5.69 Å². The van der Waals surface area contributed by atoms with Crippen molar-refractivity contribution in [2.75, 3.05) is 0 Å². The van der Waals surface area contributed by atoms with Crippen LogP contribution in [0.2, 0.25) is 0 Å². The van der Waals surface area contributed by atoms with Gasteiger partial charge in [-0.25, -0.2) is 0 Å². The molecule has 0 aromatic heterocycles. The number of nitrogens with zero attached hydrogens (tertiary/aromatic N) is 3. The van der Waals surface area contributed by atoms with E-state index >= 15 is 0 Å². The quantitative estimate of drug-likeness (QED) is 0.470. The van der Waals surface area contributed by atoms with Gasteiger partial charge in [0.2, 0.25) is 0 Å². The van der Waals surface area contributed by atoms with Gasteiger partial charge in [-0.2, -0.15) is 0 Å². The van der Waals surface area contributed by atoms with Crippen LogP contribution in [0.1, 0.15) is 30.9 Å². The van der Waals surface area contributed by atoms with Crippen LogP contribution in [-0.2, 0) is 0 Å². The Bertz CT molecular complexity index is 976. The molecule has 2 fully saturated rings. The van der Waals surface area contributed by atoms with Gasteiger partial charge in [0, 0.05) is 17.7 Å². The van der Waals surface area contributed by atoms with Gasteiger partial charge < -0.3 is 5.53 Å². The van der Waals surface area contributed by atoms with E-state index in [1.54, 1.807) is 12.1 Å². The van der Waals surface area contributed by atoms with Crippen molar-refractivity contribution in [3.05, 3.63) is 87.1 Å². The number of nitro groups is 1. The van der Waals surface area contributed by atoms with Crippen LogP contribution in [0.3, 0.4) is 0 Å². The fourth-order valence-electron chi connectivity index (χ4n) is 5.44. The van der Waals surface area contributed by atoms with E-state index in [2.05, 4.69) is 26.0 Å².